The maximum atomic E-state index is 5.54. The molecule has 0 spiro atoms. The lowest BCUT2D eigenvalue weighted by Crippen LogP contribution is -2.42. The average Bonchev–Trinajstić information content (AvgIpc) is 3.31. The molecule has 1 aromatic carbocycles. The Hall–Kier alpha value is -1.55. The summed E-state index contributed by atoms with van der Waals surface area (Å²) in [4.78, 5) is 7.40. The van der Waals surface area contributed by atoms with Crippen molar-refractivity contribution in [3.05, 3.63) is 35.4 Å². The minimum absolute atomic E-state index is 0.212. The molecule has 0 radical (unpaired) electrons. The molecule has 1 aromatic rings. The maximum Gasteiger partial charge on any atom is 0.193 e. The van der Waals surface area contributed by atoms with E-state index >= 15 is 0 Å². The molecule has 1 saturated heterocycles. The monoisotopic (exact) mass is 357 g/mol. The Morgan fingerprint density at radius 1 is 1.35 bits per heavy atom. The molecule has 3 rings (SSSR count). The predicted molar refractivity (Wildman–Crippen MR) is 109 cm³/mol. The third-order valence-electron chi connectivity index (χ3n) is 5.98. The van der Waals surface area contributed by atoms with Crippen LogP contribution < -0.4 is 5.32 Å². The van der Waals surface area contributed by atoms with Crippen LogP contribution in [0.5, 0.6) is 0 Å². The molecule has 1 saturated carbocycles. The van der Waals surface area contributed by atoms with Crippen molar-refractivity contribution in [1.82, 2.24) is 10.2 Å². The van der Waals surface area contributed by atoms with Gasteiger partial charge in [0.05, 0.1) is 13.2 Å². The summed E-state index contributed by atoms with van der Waals surface area (Å²) < 4.78 is 5.54. The first-order chi connectivity index (χ1) is 12.6. The van der Waals surface area contributed by atoms with Crippen LogP contribution in [0.25, 0.3) is 0 Å². The minimum Gasteiger partial charge on any atom is -0.381 e. The first-order valence-corrected chi connectivity index (χ1v) is 10.3. The Kier molecular flexibility index (Phi) is 6.58. The van der Waals surface area contributed by atoms with Gasteiger partial charge in [-0.2, -0.15) is 0 Å². The molecule has 2 aliphatic rings. The van der Waals surface area contributed by atoms with E-state index in [1.165, 1.54) is 36.8 Å². The number of aliphatic imine (C=N–C) groups is 1. The lowest BCUT2D eigenvalue weighted by atomic mass is 9.78. The number of hydrogen-bond acceptors (Lipinski definition) is 2. The van der Waals surface area contributed by atoms with Gasteiger partial charge in [0.15, 0.2) is 5.96 Å². The molecule has 0 amide bonds. The highest BCUT2D eigenvalue weighted by Crippen LogP contribution is 2.41. The third-order valence-corrected chi connectivity index (χ3v) is 5.98. The highest BCUT2D eigenvalue weighted by atomic mass is 16.5. The third kappa shape index (κ3) is 4.59. The van der Waals surface area contributed by atoms with E-state index in [4.69, 9.17) is 9.73 Å². The highest BCUT2D eigenvalue weighted by Gasteiger charge is 2.35. The van der Waals surface area contributed by atoms with Crippen LogP contribution in [0, 0.1) is 12.8 Å². The second kappa shape index (κ2) is 8.90. The van der Waals surface area contributed by atoms with Gasteiger partial charge in [-0.25, -0.2) is 0 Å². The first kappa shape index (κ1) is 19.2. The molecule has 1 N–H and O–H groups in total. The molecule has 1 atom stereocenters. The average molecular weight is 358 g/mol. The fraction of sp³-hybridized carbons (Fsp3) is 0.682. The Labute approximate surface area is 159 Å². The number of nitrogens with zero attached hydrogens (tertiary/aromatic N) is 2. The van der Waals surface area contributed by atoms with Crippen molar-refractivity contribution >= 4 is 5.96 Å². The van der Waals surface area contributed by atoms with Gasteiger partial charge < -0.3 is 15.0 Å². The van der Waals surface area contributed by atoms with E-state index in [1.807, 2.05) is 0 Å². The molecule has 26 heavy (non-hydrogen) atoms. The largest absolute Gasteiger partial charge is 0.381 e. The fourth-order valence-electron chi connectivity index (χ4n) is 4.46. The zero-order valence-corrected chi connectivity index (χ0v) is 16.8. The van der Waals surface area contributed by atoms with Gasteiger partial charge >= 0.3 is 0 Å². The number of rotatable bonds is 6. The number of nitrogens with one attached hydrogen (secondary N) is 1. The summed E-state index contributed by atoms with van der Waals surface area (Å²) in [5, 5.41) is 3.50. The number of guanidine groups is 1. The molecule has 0 bridgehead atoms. The molecule has 4 nitrogen and oxygen atoms in total. The minimum atomic E-state index is 0.212. The summed E-state index contributed by atoms with van der Waals surface area (Å²) in [6.45, 7) is 8.93. The van der Waals surface area contributed by atoms with Crippen molar-refractivity contribution in [1.29, 1.82) is 0 Å². The summed E-state index contributed by atoms with van der Waals surface area (Å²) in [6, 6.07) is 9.07. The van der Waals surface area contributed by atoms with Crippen molar-refractivity contribution in [3.63, 3.8) is 0 Å². The van der Waals surface area contributed by atoms with Gasteiger partial charge in [0.25, 0.3) is 0 Å². The number of benzene rings is 1. The molecular formula is C22H35N3O. The molecule has 1 aliphatic carbocycles. The van der Waals surface area contributed by atoms with Gasteiger partial charge in [0.1, 0.15) is 0 Å². The standard InChI is InChI=1S/C22H35N3O/c1-4-23-21(25(3)15-19-10-13-26-16-19)24-17-22(11-5-6-12-22)20-9-7-8-18(2)14-20/h7-9,14,19H,4-6,10-13,15-17H2,1-3H3,(H,23,24). The zero-order valence-electron chi connectivity index (χ0n) is 16.8. The zero-order chi connectivity index (χ0) is 18.4. The van der Waals surface area contributed by atoms with E-state index in [9.17, 15) is 0 Å². The summed E-state index contributed by atoms with van der Waals surface area (Å²) in [7, 11) is 2.16. The number of aryl methyl sites for hydroxylation is 1. The molecule has 1 heterocycles. The SMILES string of the molecule is CCNC(=NCC1(c2cccc(C)c2)CCCC1)N(C)CC1CCOC1. The van der Waals surface area contributed by atoms with Crippen LogP contribution in [0.15, 0.2) is 29.3 Å². The van der Waals surface area contributed by atoms with E-state index in [2.05, 4.69) is 55.4 Å². The lowest BCUT2D eigenvalue weighted by molar-refractivity contribution is 0.181. The van der Waals surface area contributed by atoms with Crippen LogP contribution in [0.1, 0.15) is 50.2 Å². The molecular weight excluding hydrogens is 322 g/mol. The van der Waals surface area contributed by atoms with Gasteiger partial charge in [-0.05, 0) is 38.7 Å². The first-order valence-electron chi connectivity index (χ1n) is 10.3. The summed E-state index contributed by atoms with van der Waals surface area (Å²) in [6.07, 6.45) is 6.29. The maximum absolute atomic E-state index is 5.54. The van der Waals surface area contributed by atoms with Crippen LogP contribution in [0.3, 0.4) is 0 Å². The van der Waals surface area contributed by atoms with E-state index in [0.29, 0.717) is 5.92 Å². The smallest absolute Gasteiger partial charge is 0.193 e. The van der Waals surface area contributed by atoms with Crippen molar-refractivity contribution < 1.29 is 4.74 Å². The van der Waals surface area contributed by atoms with Crippen molar-refractivity contribution in [2.45, 2.75) is 51.4 Å². The predicted octanol–water partition coefficient (Wildman–Crippen LogP) is 3.74. The quantitative estimate of drug-likeness (QED) is 0.622. The van der Waals surface area contributed by atoms with Crippen LogP contribution in [-0.4, -0.2) is 50.8 Å². The van der Waals surface area contributed by atoms with Crippen LogP contribution in [0.4, 0.5) is 0 Å². The van der Waals surface area contributed by atoms with E-state index in [1.54, 1.807) is 0 Å². The summed E-state index contributed by atoms with van der Waals surface area (Å²) in [5.74, 6) is 1.67. The van der Waals surface area contributed by atoms with Gasteiger partial charge in [-0.1, -0.05) is 42.7 Å². The van der Waals surface area contributed by atoms with E-state index in [-0.39, 0.29) is 5.41 Å². The van der Waals surface area contributed by atoms with Gasteiger partial charge in [0.2, 0.25) is 0 Å². The topological polar surface area (TPSA) is 36.9 Å². The van der Waals surface area contributed by atoms with Crippen molar-refractivity contribution in [3.8, 4) is 0 Å². The number of hydrogen-bond donors (Lipinski definition) is 1. The van der Waals surface area contributed by atoms with E-state index in [0.717, 1.165) is 45.2 Å². The van der Waals surface area contributed by atoms with E-state index < -0.39 is 0 Å². The Morgan fingerprint density at radius 3 is 2.81 bits per heavy atom. The summed E-state index contributed by atoms with van der Waals surface area (Å²) in [5.41, 5.74) is 3.04. The second-order valence-corrected chi connectivity index (χ2v) is 8.14. The second-order valence-electron chi connectivity index (χ2n) is 8.14. The lowest BCUT2D eigenvalue weighted by Gasteiger charge is -2.30. The van der Waals surface area contributed by atoms with Crippen LogP contribution >= 0.6 is 0 Å². The molecule has 1 aliphatic heterocycles. The molecule has 1 unspecified atom stereocenters. The van der Waals surface area contributed by atoms with Crippen LogP contribution in [0.2, 0.25) is 0 Å². The van der Waals surface area contributed by atoms with Gasteiger partial charge in [-0.15, -0.1) is 0 Å². The molecule has 2 fully saturated rings. The molecule has 4 heteroatoms. The van der Waals surface area contributed by atoms with Gasteiger partial charge in [0, 0.05) is 38.1 Å². The normalized spacial score (nSPS) is 22.6. The van der Waals surface area contributed by atoms with Crippen LogP contribution in [-0.2, 0) is 10.2 Å². The summed E-state index contributed by atoms with van der Waals surface area (Å²) >= 11 is 0. The number of ether oxygens (including phenoxy) is 1. The van der Waals surface area contributed by atoms with Crippen molar-refractivity contribution in [2.75, 3.05) is 39.9 Å². The van der Waals surface area contributed by atoms with Crippen molar-refractivity contribution in [2.24, 2.45) is 10.9 Å². The fourth-order valence-corrected chi connectivity index (χ4v) is 4.46. The Morgan fingerprint density at radius 2 is 2.15 bits per heavy atom. The Balaban J connectivity index is 1.75. The molecule has 0 aromatic heterocycles. The highest BCUT2D eigenvalue weighted by molar-refractivity contribution is 5.79. The Bertz CT molecular complexity index is 601. The van der Waals surface area contributed by atoms with Gasteiger partial charge in [-0.3, -0.25) is 4.99 Å². The molecule has 144 valence electrons.